The van der Waals surface area contributed by atoms with Gasteiger partial charge >= 0.3 is 0 Å². The number of carbonyl (C=O) groups is 1. The topological polar surface area (TPSA) is 73.4 Å². The second kappa shape index (κ2) is 6.66. The second-order valence-electron chi connectivity index (χ2n) is 5.53. The Morgan fingerprint density at radius 3 is 2.91 bits per heavy atom. The third-order valence-electron chi connectivity index (χ3n) is 3.96. The van der Waals surface area contributed by atoms with Gasteiger partial charge < -0.3 is 10.5 Å². The summed E-state index contributed by atoms with van der Waals surface area (Å²) in [5, 5.41) is 4.45. The summed E-state index contributed by atoms with van der Waals surface area (Å²) in [5.74, 6) is 0.498. The number of methoxy groups -OCH3 is 1. The molecule has 0 saturated carbocycles. The predicted molar refractivity (Wildman–Crippen MR) is 88.3 cm³/mol. The number of hydrogen-bond acceptors (Lipinski definition) is 4. The van der Waals surface area contributed by atoms with Gasteiger partial charge in [0, 0.05) is 24.8 Å². The summed E-state index contributed by atoms with van der Waals surface area (Å²) in [6, 6.07) is 7.78. The molecule has 1 aromatic heterocycles. The Morgan fingerprint density at radius 2 is 2.22 bits per heavy atom. The van der Waals surface area contributed by atoms with E-state index in [1.807, 2.05) is 46.2 Å². The number of rotatable bonds is 5. The first kappa shape index (κ1) is 15.3. The van der Waals surface area contributed by atoms with Crippen molar-refractivity contribution in [3.8, 4) is 11.4 Å². The van der Waals surface area contributed by atoms with Gasteiger partial charge in [-0.25, -0.2) is 4.68 Å². The van der Waals surface area contributed by atoms with Crippen molar-refractivity contribution in [2.24, 2.45) is 5.73 Å². The molecule has 1 aliphatic heterocycles. The van der Waals surface area contributed by atoms with Crippen LogP contribution in [-0.4, -0.2) is 47.3 Å². The first-order valence-corrected chi connectivity index (χ1v) is 7.55. The van der Waals surface area contributed by atoms with Crippen LogP contribution in [0.3, 0.4) is 0 Å². The standard InChI is InChI=1S/C17H20N4O2/c1-23-16-5-3-2-4-15(16)21-11-14(10-19-21)13-6-8-20(9-7-13)12-17(18)22/h2-6,10-11H,7-9,12H2,1H3,(H2,18,22). The van der Waals surface area contributed by atoms with Crippen molar-refractivity contribution in [2.75, 3.05) is 26.7 Å². The largest absolute Gasteiger partial charge is 0.494 e. The zero-order valence-corrected chi connectivity index (χ0v) is 13.1. The Balaban J connectivity index is 1.78. The number of nitrogens with zero attached hydrogens (tertiary/aromatic N) is 3. The number of para-hydroxylation sites is 2. The first-order chi connectivity index (χ1) is 11.2. The Morgan fingerprint density at radius 1 is 1.39 bits per heavy atom. The van der Waals surface area contributed by atoms with E-state index in [1.54, 1.807) is 7.11 Å². The molecule has 6 heteroatoms. The summed E-state index contributed by atoms with van der Waals surface area (Å²) in [5.41, 5.74) is 8.48. The summed E-state index contributed by atoms with van der Waals surface area (Å²) in [6.45, 7) is 1.87. The smallest absolute Gasteiger partial charge is 0.231 e. The predicted octanol–water partition coefficient (Wildman–Crippen LogP) is 1.46. The maximum Gasteiger partial charge on any atom is 0.231 e. The Labute approximate surface area is 135 Å². The van der Waals surface area contributed by atoms with Gasteiger partial charge in [-0.2, -0.15) is 5.10 Å². The molecular formula is C17H20N4O2. The fourth-order valence-corrected chi connectivity index (χ4v) is 2.78. The Bertz CT molecular complexity index is 736. The number of benzene rings is 1. The maximum atomic E-state index is 11.0. The van der Waals surface area contributed by atoms with Crippen LogP contribution in [0.15, 0.2) is 42.7 Å². The third-order valence-corrected chi connectivity index (χ3v) is 3.96. The van der Waals surface area contributed by atoms with Crippen molar-refractivity contribution in [2.45, 2.75) is 6.42 Å². The van der Waals surface area contributed by atoms with Crippen LogP contribution in [-0.2, 0) is 4.79 Å². The highest BCUT2D eigenvalue weighted by Gasteiger charge is 2.16. The Hall–Kier alpha value is -2.60. The number of hydrogen-bond donors (Lipinski definition) is 1. The quantitative estimate of drug-likeness (QED) is 0.907. The number of aromatic nitrogens is 2. The molecule has 0 radical (unpaired) electrons. The molecule has 0 spiro atoms. The summed E-state index contributed by atoms with van der Waals surface area (Å²) in [7, 11) is 1.65. The summed E-state index contributed by atoms with van der Waals surface area (Å²) in [6.07, 6.45) is 6.89. The fourth-order valence-electron chi connectivity index (χ4n) is 2.78. The molecule has 2 aromatic rings. The summed E-state index contributed by atoms with van der Waals surface area (Å²) in [4.78, 5) is 13.0. The number of carbonyl (C=O) groups excluding carboxylic acids is 1. The summed E-state index contributed by atoms with van der Waals surface area (Å²) < 4.78 is 7.20. The zero-order valence-electron chi connectivity index (χ0n) is 13.1. The summed E-state index contributed by atoms with van der Waals surface area (Å²) >= 11 is 0. The molecule has 2 heterocycles. The van der Waals surface area contributed by atoms with Crippen molar-refractivity contribution >= 4 is 11.5 Å². The molecule has 3 rings (SSSR count). The third kappa shape index (κ3) is 3.43. The van der Waals surface area contributed by atoms with Gasteiger partial charge in [-0.15, -0.1) is 0 Å². The molecule has 1 amide bonds. The van der Waals surface area contributed by atoms with Crippen LogP contribution in [0.25, 0.3) is 11.3 Å². The molecule has 0 fully saturated rings. The first-order valence-electron chi connectivity index (χ1n) is 7.55. The van der Waals surface area contributed by atoms with Crippen molar-refractivity contribution in [3.05, 3.63) is 48.3 Å². The van der Waals surface area contributed by atoms with Gasteiger partial charge in [-0.3, -0.25) is 9.69 Å². The lowest BCUT2D eigenvalue weighted by atomic mass is 10.0. The minimum Gasteiger partial charge on any atom is -0.494 e. The van der Waals surface area contributed by atoms with Crippen LogP contribution < -0.4 is 10.5 Å². The SMILES string of the molecule is COc1ccccc1-n1cc(C2=CCN(CC(N)=O)CC2)cn1. The van der Waals surface area contributed by atoms with Gasteiger partial charge in [0.1, 0.15) is 11.4 Å². The fraction of sp³-hybridized carbons (Fsp3) is 0.294. The van der Waals surface area contributed by atoms with E-state index in [-0.39, 0.29) is 5.91 Å². The molecule has 0 bridgehead atoms. The van der Waals surface area contributed by atoms with Crippen LogP contribution >= 0.6 is 0 Å². The van der Waals surface area contributed by atoms with E-state index in [1.165, 1.54) is 5.57 Å². The average Bonchev–Trinajstić information content (AvgIpc) is 3.05. The lowest BCUT2D eigenvalue weighted by Crippen LogP contribution is -2.36. The van der Waals surface area contributed by atoms with Crippen molar-refractivity contribution < 1.29 is 9.53 Å². The van der Waals surface area contributed by atoms with Gasteiger partial charge in [0.2, 0.25) is 5.91 Å². The Kier molecular flexibility index (Phi) is 4.43. The number of primary amides is 1. The number of nitrogens with two attached hydrogens (primary N) is 1. The van der Waals surface area contributed by atoms with Crippen molar-refractivity contribution in [3.63, 3.8) is 0 Å². The number of amides is 1. The highest BCUT2D eigenvalue weighted by molar-refractivity contribution is 5.76. The van der Waals surface area contributed by atoms with E-state index in [0.29, 0.717) is 6.54 Å². The average molecular weight is 312 g/mol. The van der Waals surface area contributed by atoms with Gasteiger partial charge in [-0.1, -0.05) is 18.2 Å². The molecule has 0 unspecified atom stereocenters. The van der Waals surface area contributed by atoms with Gasteiger partial charge in [0.25, 0.3) is 0 Å². The molecule has 2 N–H and O–H groups in total. The maximum absolute atomic E-state index is 11.0. The van der Waals surface area contributed by atoms with E-state index in [2.05, 4.69) is 11.2 Å². The molecule has 0 saturated heterocycles. The van der Waals surface area contributed by atoms with Crippen LogP contribution in [0.4, 0.5) is 0 Å². The van der Waals surface area contributed by atoms with E-state index in [9.17, 15) is 4.79 Å². The monoisotopic (exact) mass is 312 g/mol. The number of ether oxygens (including phenoxy) is 1. The highest BCUT2D eigenvalue weighted by Crippen LogP contribution is 2.25. The molecular weight excluding hydrogens is 292 g/mol. The molecule has 1 aliphatic rings. The van der Waals surface area contributed by atoms with E-state index >= 15 is 0 Å². The van der Waals surface area contributed by atoms with Gasteiger partial charge in [-0.05, 0) is 24.1 Å². The van der Waals surface area contributed by atoms with Crippen LogP contribution in [0, 0.1) is 0 Å². The molecule has 6 nitrogen and oxygen atoms in total. The molecule has 0 aliphatic carbocycles. The van der Waals surface area contributed by atoms with Crippen molar-refractivity contribution in [1.82, 2.24) is 14.7 Å². The van der Waals surface area contributed by atoms with Gasteiger partial charge in [0.05, 0.1) is 19.9 Å². The molecule has 1 aromatic carbocycles. The molecule has 0 atom stereocenters. The molecule has 23 heavy (non-hydrogen) atoms. The van der Waals surface area contributed by atoms with Crippen LogP contribution in [0.5, 0.6) is 5.75 Å². The lowest BCUT2D eigenvalue weighted by Gasteiger charge is -2.24. The van der Waals surface area contributed by atoms with Crippen molar-refractivity contribution in [1.29, 1.82) is 0 Å². The van der Waals surface area contributed by atoms with E-state index in [4.69, 9.17) is 10.5 Å². The minimum atomic E-state index is -0.286. The second-order valence-corrected chi connectivity index (χ2v) is 5.53. The van der Waals surface area contributed by atoms with Crippen LogP contribution in [0.2, 0.25) is 0 Å². The minimum absolute atomic E-state index is 0.286. The van der Waals surface area contributed by atoms with Crippen LogP contribution in [0.1, 0.15) is 12.0 Å². The highest BCUT2D eigenvalue weighted by atomic mass is 16.5. The van der Waals surface area contributed by atoms with E-state index < -0.39 is 0 Å². The lowest BCUT2D eigenvalue weighted by molar-refractivity contribution is -0.119. The normalized spacial score (nSPS) is 15.3. The van der Waals surface area contributed by atoms with E-state index in [0.717, 1.165) is 36.5 Å². The zero-order chi connectivity index (χ0) is 16.2. The molecule has 120 valence electrons. The van der Waals surface area contributed by atoms with Gasteiger partial charge in [0.15, 0.2) is 0 Å².